The molecule has 2 nitrogen and oxygen atoms in total. The molecule has 1 rings (SSSR count). The van der Waals surface area contributed by atoms with Crippen molar-refractivity contribution in [1.82, 2.24) is 0 Å². The van der Waals surface area contributed by atoms with Gasteiger partial charge in [0.2, 0.25) is 0 Å². The molecular weight excluding hydrogens is 280 g/mol. The van der Waals surface area contributed by atoms with Crippen LogP contribution >= 0.6 is 0 Å². The summed E-state index contributed by atoms with van der Waals surface area (Å²) in [6.45, 7) is 13.5. The van der Waals surface area contributed by atoms with E-state index in [1.165, 1.54) is 5.19 Å². The summed E-state index contributed by atoms with van der Waals surface area (Å²) < 4.78 is 5.31. The Morgan fingerprint density at radius 1 is 1.10 bits per heavy atom. The summed E-state index contributed by atoms with van der Waals surface area (Å²) in [5, 5.41) is 2.20. The first-order valence-electron chi connectivity index (χ1n) is 7.14. The van der Waals surface area contributed by atoms with E-state index in [2.05, 4.69) is 50.6 Å². The molecule has 0 N–H and O–H groups in total. The highest BCUT2D eigenvalue weighted by Crippen LogP contribution is 2.20. The second-order valence-electron chi connectivity index (χ2n) is 6.64. The average molecular weight is 307 g/mol. The Morgan fingerprint density at radius 3 is 2.10 bits per heavy atom. The van der Waals surface area contributed by atoms with E-state index < -0.39 is 16.1 Å². The number of carbonyl (C=O) groups excluding carboxylic acids is 1. The molecule has 0 aliphatic rings. The van der Waals surface area contributed by atoms with Gasteiger partial charge in [0.05, 0.1) is 14.7 Å². The van der Waals surface area contributed by atoms with Crippen LogP contribution in [-0.2, 0) is 9.53 Å². The van der Waals surface area contributed by atoms with Crippen molar-refractivity contribution in [2.75, 3.05) is 6.61 Å². The molecule has 4 heteroatoms. The van der Waals surface area contributed by atoms with Crippen LogP contribution in [0.4, 0.5) is 0 Å². The molecule has 20 heavy (non-hydrogen) atoms. The Labute approximate surface area is 124 Å². The highest BCUT2D eigenvalue weighted by molar-refractivity contribution is 7.00. The standard InChI is InChI=1S/C16H26O2Si2/c1-7-18-16(17)15(13-19(2,3)4)20(5,6)14-11-9-8-10-12-14/h8-13H,7H2,1-6H3/b15-13+. The number of benzene rings is 1. The highest BCUT2D eigenvalue weighted by Gasteiger charge is 2.35. The van der Waals surface area contributed by atoms with Crippen molar-refractivity contribution < 1.29 is 9.53 Å². The molecule has 0 amide bonds. The summed E-state index contributed by atoms with van der Waals surface area (Å²) >= 11 is 0. The molecule has 0 saturated heterocycles. The summed E-state index contributed by atoms with van der Waals surface area (Å²) in [6.07, 6.45) is 0. The zero-order chi connectivity index (χ0) is 15.4. The van der Waals surface area contributed by atoms with Gasteiger partial charge in [-0.1, -0.05) is 74.0 Å². The van der Waals surface area contributed by atoms with Gasteiger partial charge in [0.15, 0.2) is 0 Å². The van der Waals surface area contributed by atoms with E-state index in [0.29, 0.717) is 6.61 Å². The summed E-state index contributed by atoms with van der Waals surface area (Å²) in [7, 11) is -3.48. The fraction of sp³-hybridized carbons (Fsp3) is 0.438. The van der Waals surface area contributed by atoms with Crippen LogP contribution in [0.5, 0.6) is 0 Å². The molecule has 0 spiro atoms. The molecule has 0 atom stereocenters. The lowest BCUT2D eigenvalue weighted by Crippen LogP contribution is -2.47. The maximum absolute atomic E-state index is 12.4. The quantitative estimate of drug-likeness (QED) is 0.473. The molecule has 0 fully saturated rings. The van der Waals surface area contributed by atoms with Gasteiger partial charge in [-0.15, -0.1) is 0 Å². The molecule has 0 heterocycles. The third-order valence-corrected chi connectivity index (χ3v) is 8.16. The Bertz CT molecular complexity index is 485. The average Bonchev–Trinajstić information content (AvgIpc) is 2.36. The van der Waals surface area contributed by atoms with Crippen LogP contribution in [0.3, 0.4) is 0 Å². The second-order valence-corrected chi connectivity index (χ2v) is 16.0. The first-order valence-corrected chi connectivity index (χ1v) is 13.7. The number of esters is 1. The summed E-state index contributed by atoms with van der Waals surface area (Å²) in [5.74, 6) is -0.129. The first kappa shape index (κ1) is 16.9. The van der Waals surface area contributed by atoms with Crippen molar-refractivity contribution in [3.8, 4) is 0 Å². The van der Waals surface area contributed by atoms with Gasteiger partial charge in [-0.2, -0.15) is 0 Å². The maximum atomic E-state index is 12.4. The lowest BCUT2D eigenvalue weighted by molar-refractivity contribution is -0.137. The molecule has 110 valence electrons. The predicted octanol–water partition coefficient (Wildman–Crippen LogP) is 3.51. The SMILES string of the molecule is CCOC(=O)/C(=C\[Si](C)(C)C)[Si](C)(C)c1ccccc1. The van der Waals surface area contributed by atoms with Gasteiger partial charge in [-0.3, -0.25) is 0 Å². The van der Waals surface area contributed by atoms with Crippen LogP contribution in [0.15, 0.2) is 41.2 Å². The van der Waals surface area contributed by atoms with Crippen LogP contribution in [0.25, 0.3) is 0 Å². The minimum Gasteiger partial charge on any atom is -0.463 e. The predicted molar refractivity (Wildman–Crippen MR) is 91.6 cm³/mol. The minimum atomic E-state index is -2.00. The van der Waals surface area contributed by atoms with Crippen molar-refractivity contribution in [3.05, 3.63) is 41.2 Å². The van der Waals surface area contributed by atoms with Crippen molar-refractivity contribution >= 4 is 27.3 Å². The van der Waals surface area contributed by atoms with Gasteiger partial charge in [0.1, 0.15) is 8.07 Å². The molecule has 0 radical (unpaired) electrons. The second kappa shape index (κ2) is 6.54. The minimum absolute atomic E-state index is 0.129. The van der Waals surface area contributed by atoms with Crippen LogP contribution in [-0.4, -0.2) is 28.7 Å². The summed E-state index contributed by atoms with van der Waals surface area (Å²) in [4.78, 5) is 12.4. The van der Waals surface area contributed by atoms with Gasteiger partial charge in [-0.05, 0) is 6.92 Å². The molecule has 0 bridgehead atoms. The van der Waals surface area contributed by atoms with Gasteiger partial charge in [0.25, 0.3) is 0 Å². The number of hydrogen-bond donors (Lipinski definition) is 0. The van der Waals surface area contributed by atoms with Gasteiger partial charge in [0, 0.05) is 5.20 Å². The third kappa shape index (κ3) is 4.46. The van der Waals surface area contributed by atoms with Crippen LogP contribution in [0.1, 0.15) is 6.92 Å². The molecule has 0 aliphatic carbocycles. The Kier molecular flexibility index (Phi) is 5.53. The van der Waals surface area contributed by atoms with Crippen molar-refractivity contribution in [3.63, 3.8) is 0 Å². The Morgan fingerprint density at radius 2 is 1.65 bits per heavy atom. The lowest BCUT2D eigenvalue weighted by atomic mass is 10.4. The van der Waals surface area contributed by atoms with Crippen molar-refractivity contribution in [1.29, 1.82) is 0 Å². The Balaban J connectivity index is 3.30. The number of ether oxygens (including phenoxy) is 1. The largest absolute Gasteiger partial charge is 0.463 e. The lowest BCUT2D eigenvalue weighted by Gasteiger charge is -2.27. The molecule has 0 aromatic heterocycles. The monoisotopic (exact) mass is 306 g/mol. The molecule has 1 aromatic carbocycles. The fourth-order valence-corrected chi connectivity index (χ4v) is 7.79. The van der Waals surface area contributed by atoms with E-state index in [1.807, 2.05) is 25.1 Å². The van der Waals surface area contributed by atoms with Gasteiger partial charge >= 0.3 is 5.97 Å². The van der Waals surface area contributed by atoms with E-state index >= 15 is 0 Å². The van der Waals surface area contributed by atoms with Gasteiger partial charge < -0.3 is 4.74 Å². The zero-order valence-corrected chi connectivity index (χ0v) is 15.5. The first-order chi connectivity index (χ1) is 9.18. The van der Waals surface area contributed by atoms with E-state index in [-0.39, 0.29) is 5.97 Å². The van der Waals surface area contributed by atoms with Gasteiger partial charge in [-0.25, -0.2) is 4.79 Å². The number of carbonyl (C=O) groups is 1. The smallest absolute Gasteiger partial charge is 0.329 e. The highest BCUT2D eigenvalue weighted by atomic mass is 28.3. The number of hydrogen-bond acceptors (Lipinski definition) is 2. The third-order valence-electron chi connectivity index (χ3n) is 3.24. The molecule has 1 aromatic rings. The Hall–Kier alpha value is -1.14. The normalized spacial score (nSPS) is 13.2. The molecule has 0 aliphatic heterocycles. The molecular formula is C16H26O2Si2. The van der Waals surface area contributed by atoms with E-state index in [1.54, 1.807) is 0 Å². The van der Waals surface area contributed by atoms with Crippen LogP contribution in [0.2, 0.25) is 32.7 Å². The van der Waals surface area contributed by atoms with E-state index in [4.69, 9.17) is 4.74 Å². The molecule has 0 unspecified atom stereocenters. The topological polar surface area (TPSA) is 26.3 Å². The molecule has 0 saturated carbocycles. The maximum Gasteiger partial charge on any atom is 0.329 e. The van der Waals surface area contributed by atoms with Crippen LogP contribution < -0.4 is 5.19 Å². The summed E-state index contributed by atoms with van der Waals surface area (Å²) in [6, 6.07) is 10.4. The number of rotatable bonds is 5. The van der Waals surface area contributed by atoms with E-state index in [9.17, 15) is 4.79 Å². The van der Waals surface area contributed by atoms with Crippen LogP contribution in [0, 0.1) is 0 Å². The summed E-state index contributed by atoms with van der Waals surface area (Å²) in [5.41, 5.74) is 2.23. The fourth-order valence-electron chi connectivity index (χ4n) is 2.15. The zero-order valence-electron chi connectivity index (χ0n) is 13.5. The van der Waals surface area contributed by atoms with Crippen molar-refractivity contribution in [2.45, 2.75) is 39.7 Å². The van der Waals surface area contributed by atoms with E-state index in [0.717, 1.165) is 5.20 Å². The van der Waals surface area contributed by atoms with Crippen molar-refractivity contribution in [2.24, 2.45) is 0 Å².